The van der Waals surface area contributed by atoms with Crippen LogP contribution in [0.3, 0.4) is 0 Å². The fraction of sp³-hybridized carbons (Fsp3) is 0.406. The molecular formula is C32H35F5N4O7. The molecule has 1 aliphatic carbocycles. The van der Waals surface area contributed by atoms with Gasteiger partial charge in [0, 0.05) is 35.8 Å². The SMILES string of the molecule is COc1ccc([C@@]23CC[C@@H](NC(=O)Nc4ccc(F)c(F)c4)C[C@@H]2N(C(=O)CNCc2ccco2)CC3)cc1OC.O=C(O)C(F)(F)F. The van der Waals surface area contributed by atoms with Crippen molar-refractivity contribution in [2.24, 2.45) is 0 Å². The number of carboxylic acids is 1. The Kier molecular flexibility index (Phi) is 11.5. The molecule has 5 rings (SSSR count). The number of urea groups is 1. The number of likely N-dealkylation sites (tertiary alicyclic amines) is 1. The van der Waals surface area contributed by atoms with E-state index in [9.17, 15) is 31.5 Å². The first-order valence-corrected chi connectivity index (χ1v) is 14.8. The van der Waals surface area contributed by atoms with E-state index in [1.807, 2.05) is 29.2 Å². The van der Waals surface area contributed by atoms with Crippen LogP contribution < -0.4 is 25.4 Å². The minimum Gasteiger partial charge on any atom is -0.493 e. The fourth-order valence-electron chi connectivity index (χ4n) is 6.19. The predicted molar refractivity (Wildman–Crippen MR) is 162 cm³/mol. The van der Waals surface area contributed by atoms with Crippen molar-refractivity contribution >= 4 is 23.6 Å². The summed E-state index contributed by atoms with van der Waals surface area (Å²) in [6.45, 7) is 1.16. The molecule has 3 aromatic rings. The Morgan fingerprint density at radius 1 is 1.02 bits per heavy atom. The van der Waals surface area contributed by atoms with Crippen molar-refractivity contribution < 1.29 is 55.3 Å². The molecule has 2 aliphatic rings. The number of alkyl halides is 3. The second-order valence-corrected chi connectivity index (χ2v) is 11.3. The quantitative estimate of drug-likeness (QED) is 0.226. The average molecular weight is 683 g/mol. The number of halogens is 5. The van der Waals surface area contributed by atoms with E-state index in [-0.39, 0.29) is 35.6 Å². The Hall–Kier alpha value is -4.86. The highest BCUT2D eigenvalue weighted by molar-refractivity contribution is 5.89. The van der Waals surface area contributed by atoms with Crippen LogP contribution in [0.25, 0.3) is 0 Å². The fourth-order valence-corrected chi connectivity index (χ4v) is 6.19. The van der Waals surface area contributed by atoms with Gasteiger partial charge in [0.25, 0.3) is 0 Å². The van der Waals surface area contributed by atoms with Gasteiger partial charge in [-0.05, 0) is 67.6 Å². The molecular weight excluding hydrogens is 647 g/mol. The maximum absolute atomic E-state index is 13.6. The number of ether oxygens (including phenoxy) is 2. The van der Waals surface area contributed by atoms with Crippen LogP contribution in [0.1, 0.15) is 37.0 Å². The van der Waals surface area contributed by atoms with Crippen molar-refractivity contribution in [1.82, 2.24) is 15.5 Å². The highest BCUT2D eigenvalue weighted by Crippen LogP contribution is 2.50. The number of hydrogen-bond acceptors (Lipinski definition) is 7. The van der Waals surface area contributed by atoms with Gasteiger partial charge in [-0.2, -0.15) is 13.2 Å². The van der Waals surface area contributed by atoms with Crippen LogP contribution in [0.15, 0.2) is 59.2 Å². The number of furan rings is 1. The Morgan fingerprint density at radius 2 is 1.75 bits per heavy atom. The zero-order chi connectivity index (χ0) is 35.1. The zero-order valence-corrected chi connectivity index (χ0v) is 26.0. The Morgan fingerprint density at radius 3 is 2.38 bits per heavy atom. The monoisotopic (exact) mass is 682 g/mol. The average Bonchev–Trinajstić information content (AvgIpc) is 3.71. The third-order valence-corrected chi connectivity index (χ3v) is 8.45. The lowest BCUT2D eigenvalue weighted by atomic mass is 9.65. The van der Waals surface area contributed by atoms with E-state index in [1.54, 1.807) is 26.5 Å². The Bertz CT molecular complexity index is 1590. The number of benzene rings is 2. The second-order valence-electron chi connectivity index (χ2n) is 11.3. The maximum atomic E-state index is 13.6. The molecule has 2 aromatic carbocycles. The van der Waals surface area contributed by atoms with E-state index in [2.05, 4.69) is 16.0 Å². The van der Waals surface area contributed by atoms with Crippen LogP contribution in [0.5, 0.6) is 11.5 Å². The number of carboxylic acid groups (broad SMARTS) is 1. The minimum atomic E-state index is -5.08. The number of nitrogens with one attached hydrogen (secondary N) is 3. The molecule has 1 saturated carbocycles. The first-order chi connectivity index (χ1) is 22.8. The van der Waals surface area contributed by atoms with Gasteiger partial charge in [0.15, 0.2) is 23.1 Å². The number of carbonyl (C=O) groups is 3. The second kappa shape index (κ2) is 15.4. The molecule has 1 aromatic heterocycles. The molecule has 11 nitrogen and oxygen atoms in total. The van der Waals surface area contributed by atoms with Crippen LogP contribution in [0, 0.1) is 11.6 Å². The predicted octanol–water partition coefficient (Wildman–Crippen LogP) is 5.21. The smallest absolute Gasteiger partial charge is 0.490 e. The first kappa shape index (κ1) is 36.0. The lowest BCUT2D eigenvalue weighted by Crippen LogP contribution is -2.55. The molecule has 3 amide bonds. The number of aliphatic carboxylic acids is 1. The Labute approximate surface area is 272 Å². The van der Waals surface area contributed by atoms with Gasteiger partial charge in [-0.25, -0.2) is 18.4 Å². The highest BCUT2D eigenvalue weighted by atomic mass is 19.4. The zero-order valence-electron chi connectivity index (χ0n) is 26.0. The Balaban J connectivity index is 0.000000671. The number of anilines is 1. The third kappa shape index (κ3) is 8.53. The van der Waals surface area contributed by atoms with Crippen molar-refractivity contribution in [2.45, 2.75) is 55.9 Å². The highest BCUT2D eigenvalue weighted by Gasteiger charge is 2.53. The van der Waals surface area contributed by atoms with Crippen molar-refractivity contribution in [3.63, 3.8) is 0 Å². The van der Waals surface area contributed by atoms with Crippen LogP contribution >= 0.6 is 0 Å². The summed E-state index contributed by atoms with van der Waals surface area (Å²) in [6, 6.07) is 11.8. The topological polar surface area (TPSA) is 142 Å². The molecule has 48 heavy (non-hydrogen) atoms. The van der Waals surface area contributed by atoms with Crippen molar-refractivity contribution in [3.8, 4) is 11.5 Å². The summed E-state index contributed by atoms with van der Waals surface area (Å²) in [5.41, 5.74) is 0.881. The van der Waals surface area contributed by atoms with Crippen LogP contribution in [-0.2, 0) is 21.5 Å². The standard InChI is InChI=1S/C30H34F2N4O5.C2HF3O2/c1-39-25-8-5-19(14-26(25)40-2)30-10-9-21(35-29(38)34-20-6-7-23(31)24(32)15-20)16-27(30)36(12-11-30)28(37)18-33-17-22-4-3-13-41-22;3-2(4,5)1(6)7/h3-8,13-15,21,27,33H,9-12,16-18H2,1-2H3,(H2,34,35,38);(H,6,7)/t21-,27+,30+;/m1./s1. The van der Waals surface area contributed by atoms with E-state index < -0.39 is 29.8 Å². The number of methoxy groups -OCH3 is 2. The normalized spacial score (nSPS) is 20.2. The van der Waals surface area contributed by atoms with E-state index in [0.717, 1.165) is 36.3 Å². The molecule has 0 radical (unpaired) electrons. The van der Waals surface area contributed by atoms with Gasteiger partial charge >= 0.3 is 18.2 Å². The van der Waals surface area contributed by atoms with Crippen molar-refractivity contribution in [3.05, 3.63) is 77.8 Å². The molecule has 1 aliphatic heterocycles. The van der Waals surface area contributed by atoms with E-state index in [1.165, 1.54) is 6.07 Å². The molecule has 4 N–H and O–H groups in total. The number of rotatable bonds is 9. The number of hydrogen-bond donors (Lipinski definition) is 4. The van der Waals surface area contributed by atoms with Gasteiger partial charge in [0.1, 0.15) is 5.76 Å². The maximum Gasteiger partial charge on any atom is 0.490 e. The molecule has 0 unspecified atom stereocenters. The third-order valence-electron chi connectivity index (χ3n) is 8.45. The van der Waals surface area contributed by atoms with Gasteiger partial charge in [-0.15, -0.1) is 0 Å². The molecule has 0 spiro atoms. The largest absolute Gasteiger partial charge is 0.493 e. The molecule has 2 heterocycles. The summed E-state index contributed by atoms with van der Waals surface area (Å²) in [6.07, 6.45) is -0.787. The van der Waals surface area contributed by atoms with Gasteiger partial charge in [0.2, 0.25) is 5.91 Å². The lowest BCUT2D eigenvalue weighted by molar-refractivity contribution is -0.192. The van der Waals surface area contributed by atoms with Gasteiger partial charge in [-0.1, -0.05) is 6.07 Å². The van der Waals surface area contributed by atoms with Crippen molar-refractivity contribution in [2.75, 3.05) is 32.6 Å². The molecule has 3 atom stereocenters. The van der Waals surface area contributed by atoms with Gasteiger partial charge < -0.3 is 39.8 Å². The van der Waals surface area contributed by atoms with E-state index >= 15 is 0 Å². The summed E-state index contributed by atoms with van der Waals surface area (Å²) < 4.78 is 75.0. The summed E-state index contributed by atoms with van der Waals surface area (Å²) in [5.74, 6) is -2.83. The summed E-state index contributed by atoms with van der Waals surface area (Å²) in [7, 11) is 3.19. The summed E-state index contributed by atoms with van der Waals surface area (Å²) in [4.78, 5) is 37.1. The summed E-state index contributed by atoms with van der Waals surface area (Å²) in [5, 5.41) is 15.8. The number of nitrogens with zero attached hydrogens (tertiary/aromatic N) is 1. The molecule has 1 saturated heterocycles. The molecule has 260 valence electrons. The summed E-state index contributed by atoms with van der Waals surface area (Å²) >= 11 is 0. The van der Waals surface area contributed by atoms with Gasteiger partial charge in [0.05, 0.1) is 33.6 Å². The molecule has 0 bridgehead atoms. The molecule has 2 fully saturated rings. The number of amides is 3. The molecule has 16 heteroatoms. The lowest BCUT2D eigenvalue weighted by Gasteiger charge is -2.45. The number of carbonyl (C=O) groups excluding carboxylic acids is 2. The van der Waals surface area contributed by atoms with Crippen LogP contribution in [0.2, 0.25) is 0 Å². The first-order valence-electron chi connectivity index (χ1n) is 14.8. The van der Waals surface area contributed by atoms with Gasteiger partial charge in [-0.3, -0.25) is 4.79 Å². The van der Waals surface area contributed by atoms with Crippen LogP contribution in [-0.4, -0.2) is 73.5 Å². The number of fused-ring (bicyclic) bond motifs is 1. The van der Waals surface area contributed by atoms with E-state index in [4.69, 9.17) is 23.8 Å². The van der Waals surface area contributed by atoms with Crippen molar-refractivity contribution in [1.29, 1.82) is 0 Å². The minimum absolute atomic E-state index is 0.0317. The van der Waals surface area contributed by atoms with E-state index in [0.29, 0.717) is 37.4 Å². The van der Waals surface area contributed by atoms with Crippen LogP contribution in [0.4, 0.5) is 32.4 Å².